The number of hydrogen-bond acceptors (Lipinski definition) is 3. The van der Waals surface area contributed by atoms with Gasteiger partial charge in [-0.05, 0) is 37.1 Å². The van der Waals surface area contributed by atoms with Gasteiger partial charge in [0.05, 0.1) is 19.3 Å². The summed E-state index contributed by atoms with van der Waals surface area (Å²) < 4.78 is 34.8. The fourth-order valence-corrected chi connectivity index (χ4v) is 2.40. The van der Waals surface area contributed by atoms with Crippen molar-refractivity contribution < 1.29 is 23.0 Å². The lowest BCUT2D eigenvalue weighted by Crippen LogP contribution is -2.06. The maximum absolute atomic E-state index is 12.6. The third-order valence-corrected chi connectivity index (χ3v) is 3.89. The van der Waals surface area contributed by atoms with Crippen molar-refractivity contribution in [1.29, 1.82) is 0 Å². The average Bonchev–Trinajstić information content (AvgIpc) is 2.62. The van der Waals surface area contributed by atoms with Crippen molar-refractivity contribution in [2.24, 2.45) is 0 Å². The van der Waals surface area contributed by atoms with Crippen molar-refractivity contribution in [1.82, 2.24) is 0 Å². The van der Waals surface area contributed by atoms with Gasteiger partial charge >= 0.3 is 5.97 Å². The fourth-order valence-electron chi connectivity index (χ4n) is 2.40. The molecular weight excluding hydrogens is 314 g/mol. The number of unbranched alkanes of at least 4 members (excludes halogenated alkanes) is 6. The first-order chi connectivity index (χ1) is 11.7. The number of rotatable bonds is 13. The molecule has 24 heavy (non-hydrogen) atoms. The Morgan fingerprint density at radius 1 is 1.00 bits per heavy atom. The lowest BCUT2D eigenvalue weighted by Gasteiger charge is -2.06. The van der Waals surface area contributed by atoms with Crippen molar-refractivity contribution in [2.75, 3.05) is 20.4 Å². The first-order valence-corrected chi connectivity index (χ1v) is 8.68. The molecule has 1 atom stereocenters. The molecule has 0 aliphatic rings. The van der Waals surface area contributed by atoms with E-state index in [-0.39, 0.29) is 5.97 Å². The smallest absolute Gasteiger partial charge is 0.338 e. The Hall–Kier alpha value is -1.65. The molecule has 0 amide bonds. The zero-order chi connectivity index (χ0) is 17.6. The van der Waals surface area contributed by atoms with Gasteiger partial charge in [-0.3, -0.25) is 0 Å². The van der Waals surface area contributed by atoms with E-state index in [0.29, 0.717) is 24.3 Å². The van der Waals surface area contributed by atoms with Crippen LogP contribution in [-0.2, 0) is 4.74 Å². The number of esters is 1. The minimum atomic E-state index is -1.29. The Balaban J connectivity index is 1.97. The lowest BCUT2D eigenvalue weighted by molar-refractivity contribution is 0.0497. The van der Waals surface area contributed by atoms with Crippen LogP contribution < -0.4 is 4.74 Å². The summed E-state index contributed by atoms with van der Waals surface area (Å²) >= 11 is 0. The molecule has 5 heteroatoms. The van der Waals surface area contributed by atoms with Crippen molar-refractivity contribution in [2.45, 2.75) is 57.5 Å². The molecule has 0 bridgehead atoms. The van der Waals surface area contributed by atoms with Crippen LogP contribution in [0.2, 0.25) is 0 Å². The van der Waals surface area contributed by atoms with Crippen LogP contribution in [0.25, 0.3) is 0 Å². The van der Waals surface area contributed by atoms with Gasteiger partial charge in [-0.15, -0.1) is 0 Å². The van der Waals surface area contributed by atoms with E-state index in [4.69, 9.17) is 9.47 Å². The summed E-state index contributed by atoms with van der Waals surface area (Å²) in [4.78, 5) is 11.8. The van der Waals surface area contributed by atoms with Crippen LogP contribution in [0.1, 0.15) is 61.7 Å². The van der Waals surface area contributed by atoms with E-state index >= 15 is 0 Å². The van der Waals surface area contributed by atoms with Gasteiger partial charge in [0.25, 0.3) is 0 Å². The van der Waals surface area contributed by atoms with E-state index in [1.807, 2.05) is 0 Å². The average molecular weight is 342 g/mol. The van der Waals surface area contributed by atoms with Crippen LogP contribution in [0.3, 0.4) is 0 Å². The largest absolute Gasteiger partial charge is 0.497 e. The number of ether oxygens (including phenoxy) is 2. The van der Waals surface area contributed by atoms with Gasteiger partial charge in [0.2, 0.25) is 0 Å². The number of carbonyl (C=O) groups is 1. The Morgan fingerprint density at radius 3 is 2.17 bits per heavy atom. The highest BCUT2D eigenvalue weighted by Gasteiger charge is 2.07. The maximum atomic E-state index is 12.6. The number of alkyl halides is 2. The summed E-state index contributed by atoms with van der Waals surface area (Å²) in [6, 6.07) is 6.84. The quantitative estimate of drug-likeness (QED) is 0.361. The molecule has 136 valence electrons. The van der Waals surface area contributed by atoms with Gasteiger partial charge in [0.1, 0.15) is 18.6 Å². The van der Waals surface area contributed by atoms with Gasteiger partial charge < -0.3 is 9.47 Å². The van der Waals surface area contributed by atoms with Gasteiger partial charge in [0, 0.05) is 0 Å². The normalized spacial score (nSPS) is 12.0. The lowest BCUT2D eigenvalue weighted by atomic mass is 10.1. The summed E-state index contributed by atoms with van der Waals surface area (Å²) in [5.41, 5.74) is 0.523. The first-order valence-electron chi connectivity index (χ1n) is 8.68. The van der Waals surface area contributed by atoms with E-state index in [1.165, 1.54) is 0 Å². The summed E-state index contributed by atoms with van der Waals surface area (Å²) in [6.07, 6.45) is 5.80. The SMILES string of the molecule is COc1ccc(C(=O)OCCCCCCCCC[C@@H](F)CF)cc1. The van der Waals surface area contributed by atoms with Crippen LogP contribution in [-0.4, -0.2) is 32.5 Å². The molecule has 0 saturated heterocycles. The molecule has 1 rings (SSSR count). The predicted octanol–water partition coefficient (Wildman–Crippen LogP) is 5.28. The molecule has 0 fully saturated rings. The molecule has 0 spiro atoms. The molecule has 1 aromatic rings. The van der Waals surface area contributed by atoms with E-state index < -0.39 is 12.8 Å². The van der Waals surface area contributed by atoms with Crippen molar-refractivity contribution >= 4 is 5.97 Å². The second-order valence-electron chi connectivity index (χ2n) is 5.88. The third kappa shape index (κ3) is 8.85. The molecule has 0 saturated carbocycles. The fraction of sp³-hybridized carbons (Fsp3) is 0.632. The molecule has 0 N–H and O–H groups in total. The van der Waals surface area contributed by atoms with Crippen molar-refractivity contribution in [3.05, 3.63) is 29.8 Å². The molecule has 3 nitrogen and oxygen atoms in total. The third-order valence-electron chi connectivity index (χ3n) is 3.89. The molecule has 0 aromatic heterocycles. The molecule has 0 heterocycles. The van der Waals surface area contributed by atoms with Crippen LogP contribution in [0, 0.1) is 0 Å². The van der Waals surface area contributed by atoms with Gasteiger partial charge in [0.15, 0.2) is 0 Å². The number of halogens is 2. The Kier molecular flexibility index (Phi) is 10.8. The second-order valence-corrected chi connectivity index (χ2v) is 5.88. The van der Waals surface area contributed by atoms with Crippen molar-refractivity contribution in [3.63, 3.8) is 0 Å². The Morgan fingerprint density at radius 2 is 1.58 bits per heavy atom. The van der Waals surface area contributed by atoms with E-state index in [1.54, 1.807) is 31.4 Å². The van der Waals surface area contributed by atoms with Crippen molar-refractivity contribution in [3.8, 4) is 5.75 Å². The number of methoxy groups -OCH3 is 1. The zero-order valence-corrected chi connectivity index (χ0v) is 14.4. The zero-order valence-electron chi connectivity index (χ0n) is 14.4. The number of benzene rings is 1. The van der Waals surface area contributed by atoms with E-state index in [0.717, 1.165) is 44.9 Å². The van der Waals surface area contributed by atoms with E-state index in [2.05, 4.69) is 0 Å². The van der Waals surface area contributed by atoms with Gasteiger partial charge in [-0.25, -0.2) is 13.6 Å². The minimum absolute atomic E-state index is 0.314. The van der Waals surface area contributed by atoms with Gasteiger partial charge in [-0.1, -0.05) is 38.5 Å². The summed E-state index contributed by atoms with van der Waals surface area (Å²) in [7, 11) is 1.58. The summed E-state index contributed by atoms with van der Waals surface area (Å²) in [6.45, 7) is -0.444. The highest BCUT2D eigenvalue weighted by atomic mass is 19.2. The standard InChI is InChI=1S/C19H28F2O3/c1-23-18-12-10-16(11-13-18)19(22)24-14-8-6-4-2-3-5-7-9-17(21)15-20/h10-13,17H,2-9,14-15H2,1H3/t17-/m1/s1. The highest BCUT2D eigenvalue weighted by Crippen LogP contribution is 2.13. The second kappa shape index (κ2) is 12.7. The molecular formula is C19H28F2O3. The number of hydrogen-bond donors (Lipinski definition) is 0. The monoisotopic (exact) mass is 342 g/mol. The van der Waals surface area contributed by atoms with Crippen LogP contribution in [0.15, 0.2) is 24.3 Å². The van der Waals surface area contributed by atoms with E-state index in [9.17, 15) is 13.6 Å². The Bertz CT molecular complexity index is 448. The van der Waals surface area contributed by atoms with Crippen LogP contribution >= 0.6 is 0 Å². The van der Waals surface area contributed by atoms with Crippen LogP contribution in [0.4, 0.5) is 8.78 Å². The molecule has 0 unspecified atom stereocenters. The molecule has 1 aromatic carbocycles. The Labute approximate surface area is 143 Å². The summed E-state index contributed by atoms with van der Waals surface area (Å²) in [5.74, 6) is 0.393. The topological polar surface area (TPSA) is 35.5 Å². The molecule has 0 aliphatic carbocycles. The predicted molar refractivity (Wildman–Crippen MR) is 91.1 cm³/mol. The molecule has 0 aliphatic heterocycles. The number of carbonyl (C=O) groups excluding carboxylic acids is 1. The summed E-state index contributed by atoms with van der Waals surface area (Å²) in [5, 5.41) is 0. The first kappa shape index (κ1) is 20.4. The maximum Gasteiger partial charge on any atom is 0.338 e. The highest BCUT2D eigenvalue weighted by molar-refractivity contribution is 5.89. The van der Waals surface area contributed by atoms with Crippen LogP contribution in [0.5, 0.6) is 5.75 Å². The minimum Gasteiger partial charge on any atom is -0.497 e. The molecule has 0 radical (unpaired) electrons. The van der Waals surface area contributed by atoms with Gasteiger partial charge in [-0.2, -0.15) is 0 Å².